The van der Waals surface area contributed by atoms with Gasteiger partial charge in [0.05, 0.1) is 6.20 Å². The summed E-state index contributed by atoms with van der Waals surface area (Å²) in [7, 11) is 2.06. The average Bonchev–Trinajstić information content (AvgIpc) is 3.08. The summed E-state index contributed by atoms with van der Waals surface area (Å²) in [6, 6.07) is 8.60. The highest BCUT2D eigenvalue weighted by molar-refractivity contribution is 5.87. The van der Waals surface area contributed by atoms with Crippen LogP contribution in [-0.2, 0) is 7.05 Å². The highest BCUT2D eigenvalue weighted by Gasteiger charge is 2.19. The van der Waals surface area contributed by atoms with Crippen LogP contribution in [0.1, 0.15) is 20.8 Å². The summed E-state index contributed by atoms with van der Waals surface area (Å²) in [5.41, 5.74) is 4.01. The van der Waals surface area contributed by atoms with Gasteiger partial charge in [-0.1, -0.05) is 12.1 Å². The third-order valence-electron chi connectivity index (χ3n) is 4.09. The molecule has 122 valence electrons. The van der Waals surface area contributed by atoms with Crippen molar-refractivity contribution in [3.8, 4) is 11.3 Å². The van der Waals surface area contributed by atoms with E-state index >= 15 is 0 Å². The lowest BCUT2D eigenvalue weighted by molar-refractivity contribution is 0.629. The van der Waals surface area contributed by atoms with Crippen LogP contribution in [0.15, 0.2) is 49.1 Å². The van der Waals surface area contributed by atoms with Gasteiger partial charge in [0.1, 0.15) is 11.5 Å². The molecule has 1 N–H and O–H groups in total. The molecule has 0 saturated carbocycles. The van der Waals surface area contributed by atoms with Gasteiger partial charge in [0, 0.05) is 42.3 Å². The molecule has 0 unspecified atom stereocenters. The van der Waals surface area contributed by atoms with Gasteiger partial charge >= 0.3 is 0 Å². The van der Waals surface area contributed by atoms with E-state index in [2.05, 4.69) is 77.5 Å². The van der Waals surface area contributed by atoms with Crippen LogP contribution >= 0.6 is 0 Å². The minimum atomic E-state index is -0.0664. The lowest BCUT2D eigenvalue weighted by Crippen LogP contribution is -2.27. The molecule has 0 aliphatic heterocycles. The van der Waals surface area contributed by atoms with E-state index < -0.39 is 0 Å². The van der Waals surface area contributed by atoms with Gasteiger partial charge in [-0.05, 0) is 38.3 Å². The summed E-state index contributed by atoms with van der Waals surface area (Å²) >= 11 is 0. The van der Waals surface area contributed by atoms with Crippen LogP contribution in [0.2, 0.25) is 0 Å². The first-order valence-corrected chi connectivity index (χ1v) is 8.08. The molecule has 24 heavy (non-hydrogen) atoms. The molecule has 0 spiro atoms. The second-order valence-corrected chi connectivity index (χ2v) is 7.19. The highest BCUT2D eigenvalue weighted by atomic mass is 15.2. The summed E-state index contributed by atoms with van der Waals surface area (Å²) in [6.07, 6.45) is 7.60. The van der Waals surface area contributed by atoms with Crippen LogP contribution in [-0.4, -0.2) is 24.5 Å². The van der Waals surface area contributed by atoms with E-state index in [1.54, 1.807) is 12.4 Å². The number of rotatable bonds is 2. The molecule has 4 rings (SSSR count). The Kier molecular flexibility index (Phi) is 3.13. The van der Waals surface area contributed by atoms with Gasteiger partial charge in [-0.3, -0.25) is 9.38 Å². The standard InChI is InChI=1S/C19H21N5/c1-19(2,3)22-18-17(21-16-12-20-8-10-24(16)18)14-6-5-13-7-9-23(4)15(13)11-14/h5-12,22H,1-4H3. The summed E-state index contributed by atoms with van der Waals surface area (Å²) < 4.78 is 4.19. The van der Waals surface area contributed by atoms with Crippen molar-refractivity contribution in [3.63, 3.8) is 0 Å². The number of fused-ring (bicyclic) bond motifs is 2. The van der Waals surface area contributed by atoms with Crippen molar-refractivity contribution >= 4 is 22.4 Å². The third-order valence-corrected chi connectivity index (χ3v) is 4.09. The van der Waals surface area contributed by atoms with Crippen LogP contribution in [0.3, 0.4) is 0 Å². The van der Waals surface area contributed by atoms with Crippen molar-refractivity contribution in [1.29, 1.82) is 0 Å². The monoisotopic (exact) mass is 319 g/mol. The van der Waals surface area contributed by atoms with Gasteiger partial charge in [0.15, 0.2) is 5.65 Å². The first kappa shape index (κ1) is 14.8. The quantitative estimate of drug-likeness (QED) is 0.605. The lowest BCUT2D eigenvalue weighted by atomic mass is 10.1. The summed E-state index contributed by atoms with van der Waals surface area (Å²) in [4.78, 5) is 9.01. The molecule has 0 fully saturated rings. The molecule has 0 atom stereocenters. The minimum absolute atomic E-state index is 0.0664. The maximum Gasteiger partial charge on any atom is 0.157 e. The van der Waals surface area contributed by atoms with Crippen LogP contribution in [0.25, 0.3) is 27.8 Å². The molecule has 3 heterocycles. The Morgan fingerprint density at radius 2 is 1.92 bits per heavy atom. The number of anilines is 1. The fourth-order valence-electron chi connectivity index (χ4n) is 2.99. The van der Waals surface area contributed by atoms with E-state index in [9.17, 15) is 0 Å². The fraction of sp³-hybridized carbons (Fsp3) is 0.263. The average molecular weight is 319 g/mol. The highest BCUT2D eigenvalue weighted by Crippen LogP contribution is 2.32. The number of benzene rings is 1. The van der Waals surface area contributed by atoms with Crippen molar-refractivity contribution in [3.05, 3.63) is 49.1 Å². The molecule has 0 aliphatic carbocycles. The van der Waals surface area contributed by atoms with Crippen LogP contribution in [0, 0.1) is 0 Å². The molecule has 5 nitrogen and oxygen atoms in total. The molecule has 0 saturated heterocycles. The maximum atomic E-state index is 4.82. The first-order chi connectivity index (χ1) is 11.4. The second kappa shape index (κ2) is 5.09. The zero-order chi connectivity index (χ0) is 16.9. The molecule has 0 bridgehead atoms. The van der Waals surface area contributed by atoms with Crippen molar-refractivity contribution in [2.24, 2.45) is 7.05 Å². The number of nitrogens with one attached hydrogen (secondary N) is 1. The molecule has 1 aromatic carbocycles. The molecular weight excluding hydrogens is 298 g/mol. The third kappa shape index (κ3) is 2.42. The van der Waals surface area contributed by atoms with E-state index in [-0.39, 0.29) is 5.54 Å². The zero-order valence-corrected chi connectivity index (χ0v) is 14.4. The lowest BCUT2D eigenvalue weighted by Gasteiger charge is -2.22. The Hall–Kier alpha value is -2.82. The van der Waals surface area contributed by atoms with E-state index in [0.717, 1.165) is 22.7 Å². The maximum absolute atomic E-state index is 4.82. The van der Waals surface area contributed by atoms with Crippen molar-refractivity contribution in [2.75, 3.05) is 5.32 Å². The summed E-state index contributed by atoms with van der Waals surface area (Å²) in [5.74, 6) is 0.994. The predicted molar refractivity (Wildman–Crippen MR) is 98.3 cm³/mol. The molecule has 0 radical (unpaired) electrons. The number of imidazole rings is 1. The smallest absolute Gasteiger partial charge is 0.157 e. The van der Waals surface area contributed by atoms with E-state index in [4.69, 9.17) is 4.98 Å². The molecular formula is C19H21N5. The van der Waals surface area contributed by atoms with Gasteiger partial charge in [0.25, 0.3) is 0 Å². The first-order valence-electron chi connectivity index (χ1n) is 8.08. The predicted octanol–water partition coefficient (Wildman–Crippen LogP) is 4.10. The summed E-state index contributed by atoms with van der Waals surface area (Å²) in [6.45, 7) is 6.45. The second-order valence-electron chi connectivity index (χ2n) is 7.19. The Morgan fingerprint density at radius 3 is 2.71 bits per heavy atom. The summed E-state index contributed by atoms with van der Waals surface area (Å²) in [5, 5.41) is 4.83. The largest absolute Gasteiger partial charge is 0.365 e. The van der Waals surface area contributed by atoms with Gasteiger partial charge in [-0.2, -0.15) is 0 Å². The number of aryl methyl sites for hydroxylation is 1. The molecule has 3 aromatic heterocycles. The van der Waals surface area contributed by atoms with Gasteiger partial charge < -0.3 is 9.88 Å². The number of nitrogens with zero attached hydrogens (tertiary/aromatic N) is 4. The fourth-order valence-corrected chi connectivity index (χ4v) is 2.99. The number of aromatic nitrogens is 4. The Bertz CT molecular complexity index is 1030. The van der Waals surface area contributed by atoms with Crippen molar-refractivity contribution in [1.82, 2.24) is 18.9 Å². The van der Waals surface area contributed by atoms with Gasteiger partial charge in [0.2, 0.25) is 0 Å². The van der Waals surface area contributed by atoms with E-state index in [1.807, 2.05) is 6.20 Å². The van der Waals surface area contributed by atoms with E-state index in [0.29, 0.717) is 0 Å². The normalized spacial score (nSPS) is 12.2. The molecule has 4 aromatic rings. The van der Waals surface area contributed by atoms with E-state index in [1.165, 1.54) is 10.9 Å². The van der Waals surface area contributed by atoms with Crippen molar-refractivity contribution < 1.29 is 0 Å². The van der Waals surface area contributed by atoms with Crippen LogP contribution in [0.4, 0.5) is 5.82 Å². The van der Waals surface area contributed by atoms with Gasteiger partial charge in [-0.25, -0.2) is 4.98 Å². The zero-order valence-electron chi connectivity index (χ0n) is 14.4. The molecule has 0 amide bonds. The van der Waals surface area contributed by atoms with Crippen LogP contribution < -0.4 is 5.32 Å². The Balaban J connectivity index is 1.96. The molecule has 0 aliphatic rings. The minimum Gasteiger partial charge on any atom is -0.365 e. The number of hydrogen-bond acceptors (Lipinski definition) is 3. The Labute approximate surface area is 141 Å². The van der Waals surface area contributed by atoms with Crippen molar-refractivity contribution in [2.45, 2.75) is 26.3 Å². The SMILES string of the molecule is Cn1ccc2ccc(-c3nc4cnccn4c3NC(C)(C)C)cc21. The van der Waals surface area contributed by atoms with Gasteiger partial charge in [-0.15, -0.1) is 0 Å². The Morgan fingerprint density at radius 1 is 1.08 bits per heavy atom. The molecule has 5 heteroatoms. The topological polar surface area (TPSA) is 47.2 Å². The van der Waals surface area contributed by atoms with Crippen LogP contribution in [0.5, 0.6) is 0 Å². The number of hydrogen-bond donors (Lipinski definition) is 1.